The highest BCUT2D eigenvalue weighted by molar-refractivity contribution is 6.12. The van der Waals surface area contributed by atoms with Gasteiger partial charge in [0.15, 0.2) is 0 Å². The highest BCUT2D eigenvalue weighted by atomic mass is 16.3. The molecule has 0 N–H and O–H groups in total. The van der Waals surface area contributed by atoms with Crippen molar-refractivity contribution in [2.75, 3.05) is 4.90 Å². The van der Waals surface area contributed by atoms with Crippen LogP contribution < -0.4 is 4.90 Å². The number of anilines is 3. The second-order valence-corrected chi connectivity index (χ2v) is 20.6. The van der Waals surface area contributed by atoms with Crippen LogP contribution in [0.2, 0.25) is 0 Å². The van der Waals surface area contributed by atoms with Gasteiger partial charge in [-0.25, -0.2) is 0 Å². The molecule has 13 aromatic rings. The summed E-state index contributed by atoms with van der Waals surface area (Å²) in [6.07, 6.45) is 0. The first-order chi connectivity index (χ1) is 37.7. The van der Waals surface area contributed by atoms with Gasteiger partial charge < -0.3 is 9.32 Å². The Balaban J connectivity index is 0.969. The molecule has 0 saturated carbocycles. The summed E-state index contributed by atoms with van der Waals surface area (Å²) >= 11 is 0. The SMILES string of the molecule is c1ccc(-c2ccc3c(c2)C2(c4ccccc4-3)c3ccccc3-c3c(N(c4ccc(-c5cccc6oc7ccccc7c56)cc4)c4ccc5c(c4)C(c4ccccc4)(c4ccccc4)c4ccccc4-5)cccc32)cc1. The van der Waals surface area contributed by atoms with Gasteiger partial charge in [0.25, 0.3) is 0 Å². The molecule has 0 bridgehead atoms. The highest BCUT2D eigenvalue weighted by Gasteiger charge is 2.53. The Morgan fingerprint density at radius 2 is 0.763 bits per heavy atom. The summed E-state index contributed by atoms with van der Waals surface area (Å²) in [5, 5.41) is 2.26. The van der Waals surface area contributed by atoms with Crippen molar-refractivity contribution in [3.63, 3.8) is 0 Å². The molecule has 3 aliphatic rings. The van der Waals surface area contributed by atoms with Gasteiger partial charge >= 0.3 is 0 Å². The van der Waals surface area contributed by atoms with Crippen LogP contribution in [0.4, 0.5) is 17.1 Å². The van der Waals surface area contributed by atoms with E-state index < -0.39 is 10.8 Å². The molecular formula is C74H47NO. The first-order valence-electron chi connectivity index (χ1n) is 26.4. The van der Waals surface area contributed by atoms with E-state index in [-0.39, 0.29) is 0 Å². The van der Waals surface area contributed by atoms with Crippen LogP contribution in [-0.2, 0) is 10.8 Å². The van der Waals surface area contributed by atoms with E-state index >= 15 is 0 Å². The van der Waals surface area contributed by atoms with Crippen LogP contribution in [0.1, 0.15) is 44.5 Å². The number of para-hydroxylation sites is 1. The third-order valence-electron chi connectivity index (χ3n) is 17.0. The first-order valence-corrected chi connectivity index (χ1v) is 26.4. The number of benzene rings is 12. The molecule has 1 heterocycles. The zero-order valence-corrected chi connectivity index (χ0v) is 41.5. The Bertz CT molecular complexity index is 4420. The van der Waals surface area contributed by atoms with Crippen molar-refractivity contribution in [1.82, 2.24) is 0 Å². The van der Waals surface area contributed by atoms with Crippen molar-refractivity contribution in [3.8, 4) is 55.6 Å². The van der Waals surface area contributed by atoms with Gasteiger partial charge in [-0.15, -0.1) is 0 Å². The van der Waals surface area contributed by atoms with Crippen molar-refractivity contribution in [2.45, 2.75) is 10.8 Å². The minimum absolute atomic E-state index is 0.560. The van der Waals surface area contributed by atoms with Crippen LogP contribution in [0.15, 0.2) is 290 Å². The van der Waals surface area contributed by atoms with E-state index in [1.54, 1.807) is 0 Å². The van der Waals surface area contributed by atoms with E-state index in [1.165, 1.54) is 89.0 Å². The van der Waals surface area contributed by atoms with Crippen LogP contribution in [0.25, 0.3) is 77.6 Å². The molecule has 0 radical (unpaired) electrons. The average Bonchev–Trinajstić information content (AvgIpc) is 4.41. The predicted octanol–water partition coefficient (Wildman–Crippen LogP) is 19.1. The van der Waals surface area contributed by atoms with E-state index in [2.05, 4.69) is 284 Å². The molecule has 0 fully saturated rings. The number of fused-ring (bicyclic) bond motifs is 16. The summed E-state index contributed by atoms with van der Waals surface area (Å²) in [6, 6.07) is 106. The maximum Gasteiger partial charge on any atom is 0.136 e. The van der Waals surface area contributed by atoms with Crippen molar-refractivity contribution in [2.24, 2.45) is 0 Å². The van der Waals surface area contributed by atoms with Crippen LogP contribution in [0, 0.1) is 0 Å². The van der Waals surface area contributed by atoms with Gasteiger partial charge in [-0.1, -0.05) is 237 Å². The molecular weight excluding hydrogens is 919 g/mol. The predicted molar refractivity (Wildman–Crippen MR) is 313 cm³/mol. The summed E-state index contributed by atoms with van der Waals surface area (Å²) < 4.78 is 6.41. The second kappa shape index (κ2) is 16.4. The molecule has 12 aromatic carbocycles. The number of nitrogens with zero attached hydrogens (tertiary/aromatic N) is 1. The Morgan fingerprint density at radius 1 is 0.276 bits per heavy atom. The summed E-state index contributed by atoms with van der Waals surface area (Å²) in [7, 11) is 0. The van der Waals surface area contributed by atoms with Crippen molar-refractivity contribution < 1.29 is 4.42 Å². The molecule has 76 heavy (non-hydrogen) atoms. The summed E-state index contributed by atoms with van der Waals surface area (Å²) in [5.74, 6) is 0. The lowest BCUT2D eigenvalue weighted by Gasteiger charge is -2.35. The quantitative estimate of drug-likeness (QED) is 0.158. The van der Waals surface area contributed by atoms with Crippen LogP contribution in [-0.4, -0.2) is 0 Å². The third-order valence-corrected chi connectivity index (χ3v) is 17.0. The van der Waals surface area contributed by atoms with Crippen molar-refractivity contribution in [3.05, 3.63) is 330 Å². The number of hydrogen-bond donors (Lipinski definition) is 0. The van der Waals surface area contributed by atoms with Gasteiger partial charge in [0.1, 0.15) is 11.2 Å². The molecule has 0 aliphatic heterocycles. The molecule has 0 amide bonds. The highest BCUT2D eigenvalue weighted by Crippen LogP contribution is 2.65. The Morgan fingerprint density at radius 3 is 1.47 bits per heavy atom. The van der Waals surface area contributed by atoms with Crippen LogP contribution in [0.5, 0.6) is 0 Å². The van der Waals surface area contributed by atoms with E-state index in [1.807, 2.05) is 6.07 Å². The fourth-order valence-corrected chi connectivity index (χ4v) is 14.0. The first kappa shape index (κ1) is 42.7. The zero-order valence-electron chi connectivity index (χ0n) is 41.5. The molecule has 2 nitrogen and oxygen atoms in total. The van der Waals surface area contributed by atoms with Crippen LogP contribution in [0.3, 0.4) is 0 Å². The number of rotatable bonds is 7. The minimum atomic E-state index is -0.574. The van der Waals surface area contributed by atoms with Gasteiger partial charge in [0, 0.05) is 27.7 Å². The smallest absolute Gasteiger partial charge is 0.136 e. The number of furan rings is 1. The lowest BCUT2D eigenvalue weighted by Crippen LogP contribution is -2.28. The third kappa shape index (κ3) is 5.81. The fourth-order valence-electron chi connectivity index (χ4n) is 14.0. The van der Waals surface area contributed by atoms with Gasteiger partial charge in [-0.05, 0) is 143 Å². The minimum Gasteiger partial charge on any atom is -0.456 e. The zero-order chi connectivity index (χ0) is 50.0. The second-order valence-electron chi connectivity index (χ2n) is 20.6. The summed E-state index contributed by atoms with van der Waals surface area (Å²) in [4.78, 5) is 2.54. The topological polar surface area (TPSA) is 16.4 Å². The van der Waals surface area contributed by atoms with Crippen LogP contribution >= 0.6 is 0 Å². The van der Waals surface area contributed by atoms with Crippen molar-refractivity contribution >= 4 is 39.0 Å². The van der Waals surface area contributed by atoms with Gasteiger partial charge in [-0.2, -0.15) is 0 Å². The molecule has 2 heteroatoms. The van der Waals surface area contributed by atoms with Gasteiger partial charge in [0.05, 0.1) is 16.5 Å². The average molecular weight is 966 g/mol. The van der Waals surface area contributed by atoms with E-state index in [4.69, 9.17) is 4.42 Å². The Labute approximate surface area is 442 Å². The molecule has 3 aliphatic carbocycles. The van der Waals surface area contributed by atoms with E-state index in [9.17, 15) is 0 Å². The lowest BCUT2D eigenvalue weighted by atomic mass is 9.67. The molecule has 1 unspecified atom stereocenters. The molecule has 1 aromatic heterocycles. The Hall–Kier alpha value is -9.76. The molecule has 0 saturated heterocycles. The lowest BCUT2D eigenvalue weighted by molar-refractivity contribution is 0.669. The maximum atomic E-state index is 6.41. The van der Waals surface area contributed by atoms with E-state index in [0.29, 0.717) is 0 Å². The largest absolute Gasteiger partial charge is 0.456 e. The Kier molecular flexibility index (Phi) is 9.20. The molecule has 1 atom stereocenters. The molecule has 16 rings (SSSR count). The summed E-state index contributed by atoms with van der Waals surface area (Å²) in [5.41, 5.74) is 26.5. The van der Waals surface area contributed by atoms with Crippen molar-refractivity contribution in [1.29, 1.82) is 0 Å². The molecule has 354 valence electrons. The van der Waals surface area contributed by atoms with E-state index in [0.717, 1.165) is 50.1 Å². The summed E-state index contributed by atoms with van der Waals surface area (Å²) in [6.45, 7) is 0. The van der Waals surface area contributed by atoms with Gasteiger partial charge in [-0.3, -0.25) is 0 Å². The fraction of sp³-hybridized carbons (Fsp3) is 0.0270. The number of hydrogen-bond acceptors (Lipinski definition) is 2. The van der Waals surface area contributed by atoms with Gasteiger partial charge in [0.2, 0.25) is 0 Å². The normalized spacial score (nSPS) is 15.0. The molecule has 1 spiro atoms. The maximum absolute atomic E-state index is 6.41. The monoisotopic (exact) mass is 965 g/mol. The standard InChI is InChI=1S/C74H47NO/c1-4-20-48(21-5-1)50-40-44-58-57-27-11-15-32-63(57)74(66(58)46-50)64-33-16-12-28-60(64)72-65(74)34-19-35-68(72)75(53-41-38-49(39-42-53)55-30-18-37-70-71(55)61-29-13-17-36-69(61)76-70)54-43-45-59-56-26-10-14-31-62(56)73(67(59)47-54,51-22-6-2-7-23-51)52-24-8-3-9-25-52/h1-47H.